The van der Waals surface area contributed by atoms with E-state index in [1.54, 1.807) is 0 Å². The number of unbranched alkanes of at least 4 members (excludes halogenated alkanes) is 1. The lowest BCUT2D eigenvalue weighted by Crippen LogP contribution is -2.26. The minimum Gasteiger partial charge on any atom is -0.370 e. The summed E-state index contributed by atoms with van der Waals surface area (Å²) in [6.07, 6.45) is 5.51. The van der Waals surface area contributed by atoms with Gasteiger partial charge in [-0.3, -0.25) is 4.79 Å². The van der Waals surface area contributed by atoms with Crippen molar-refractivity contribution in [2.24, 2.45) is 11.7 Å². The predicted molar refractivity (Wildman–Crippen MR) is 60.0 cm³/mol. The van der Waals surface area contributed by atoms with Gasteiger partial charge in [-0.2, -0.15) is 0 Å². The van der Waals surface area contributed by atoms with Crippen molar-refractivity contribution in [2.45, 2.75) is 46.0 Å². The molecule has 0 heterocycles. The molecule has 0 saturated carbocycles. The highest BCUT2D eigenvalue weighted by Gasteiger charge is 2.04. The molecule has 14 heavy (non-hydrogen) atoms. The van der Waals surface area contributed by atoms with Gasteiger partial charge in [-0.25, -0.2) is 0 Å². The molecular formula is C11H24N2O. The zero-order valence-electron chi connectivity index (χ0n) is 9.51. The standard InChI is InChI=1S/C11H24N2O/c1-3-5-6-10(4-2)9-13-8-7-11(12)14/h10,13H,3-9H2,1-2H3,(H2,12,14). The minimum atomic E-state index is -0.223. The van der Waals surface area contributed by atoms with Crippen molar-refractivity contribution in [3.63, 3.8) is 0 Å². The molecule has 0 aliphatic heterocycles. The summed E-state index contributed by atoms with van der Waals surface area (Å²) in [5.41, 5.74) is 5.04. The molecule has 84 valence electrons. The van der Waals surface area contributed by atoms with Gasteiger partial charge < -0.3 is 11.1 Å². The number of nitrogens with two attached hydrogens (primary N) is 1. The molecule has 3 N–H and O–H groups in total. The highest BCUT2D eigenvalue weighted by atomic mass is 16.1. The first-order valence-electron chi connectivity index (χ1n) is 5.69. The van der Waals surface area contributed by atoms with Crippen LogP contribution in [0.1, 0.15) is 46.0 Å². The van der Waals surface area contributed by atoms with Crippen LogP contribution in [0.4, 0.5) is 0 Å². The van der Waals surface area contributed by atoms with Crippen LogP contribution < -0.4 is 11.1 Å². The lowest BCUT2D eigenvalue weighted by molar-refractivity contribution is -0.117. The van der Waals surface area contributed by atoms with Gasteiger partial charge in [0.25, 0.3) is 0 Å². The molecule has 0 radical (unpaired) electrons. The van der Waals surface area contributed by atoms with E-state index in [9.17, 15) is 4.79 Å². The number of amides is 1. The van der Waals surface area contributed by atoms with Crippen LogP contribution in [-0.2, 0) is 4.79 Å². The number of carbonyl (C=O) groups is 1. The second-order valence-corrected chi connectivity index (χ2v) is 3.84. The molecule has 1 unspecified atom stereocenters. The van der Waals surface area contributed by atoms with E-state index in [1.165, 1.54) is 25.7 Å². The van der Waals surface area contributed by atoms with Crippen LogP contribution in [0.3, 0.4) is 0 Å². The first-order chi connectivity index (χ1) is 6.70. The molecule has 0 spiro atoms. The van der Waals surface area contributed by atoms with Crippen LogP contribution >= 0.6 is 0 Å². The lowest BCUT2D eigenvalue weighted by atomic mass is 9.99. The molecular weight excluding hydrogens is 176 g/mol. The number of hydrogen-bond donors (Lipinski definition) is 2. The van der Waals surface area contributed by atoms with E-state index in [0.29, 0.717) is 6.42 Å². The Morgan fingerprint density at radius 1 is 1.43 bits per heavy atom. The summed E-state index contributed by atoms with van der Waals surface area (Å²) in [5.74, 6) is 0.530. The quantitative estimate of drug-likeness (QED) is 0.556. The maximum absolute atomic E-state index is 10.5. The summed E-state index contributed by atoms with van der Waals surface area (Å²) in [5, 5.41) is 3.28. The highest BCUT2D eigenvalue weighted by Crippen LogP contribution is 2.10. The number of hydrogen-bond acceptors (Lipinski definition) is 2. The molecule has 0 aromatic carbocycles. The van der Waals surface area contributed by atoms with Crippen LogP contribution in [0, 0.1) is 5.92 Å². The van der Waals surface area contributed by atoms with Gasteiger partial charge in [0.05, 0.1) is 0 Å². The summed E-state index contributed by atoms with van der Waals surface area (Å²) in [4.78, 5) is 10.5. The van der Waals surface area contributed by atoms with E-state index in [1.807, 2.05) is 0 Å². The SMILES string of the molecule is CCCCC(CC)CNCCC(N)=O. The minimum absolute atomic E-state index is 0.223. The van der Waals surface area contributed by atoms with Gasteiger partial charge in [0.1, 0.15) is 0 Å². The molecule has 0 aromatic heterocycles. The molecule has 3 nitrogen and oxygen atoms in total. The second-order valence-electron chi connectivity index (χ2n) is 3.84. The molecule has 0 aliphatic carbocycles. The molecule has 0 fully saturated rings. The lowest BCUT2D eigenvalue weighted by Gasteiger charge is -2.14. The fourth-order valence-corrected chi connectivity index (χ4v) is 1.46. The summed E-state index contributed by atoms with van der Waals surface area (Å²) >= 11 is 0. The molecule has 0 aliphatic rings. The number of primary amides is 1. The Labute approximate surface area is 87.4 Å². The van der Waals surface area contributed by atoms with Crippen molar-refractivity contribution < 1.29 is 4.79 Å². The van der Waals surface area contributed by atoms with Crippen molar-refractivity contribution in [3.8, 4) is 0 Å². The second kappa shape index (κ2) is 9.00. The van der Waals surface area contributed by atoms with Crippen LogP contribution in [0.25, 0.3) is 0 Å². The topological polar surface area (TPSA) is 55.1 Å². The Morgan fingerprint density at radius 2 is 2.14 bits per heavy atom. The third-order valence-electron chi connectivity index (χ3n) is 2.52. The molecule has 0 aromatic rings. The van der Waals surface area contributed by atoms with Gasteiger partial charge >= 0.3 is 0 Å². The van der Waals surface area contributed by atoms with E-state index in [-0.39, 0.29) is 5.91 Å². The highest BCUT2D eigenvalue weighted by molar-refractivity contribution is 5.73. The van der Waals surface area contributed by atoms with Gasteiger partial charge in [0.2, 0.25) is 5.91 Å². The van der Waals surface area contributed by atoms with E-state index < -0.39 is 0 Å². The summed E-state index contributed by atoms with van der Waals surface area (Å²) in [6, 6.07) is 0. The smallest absolute Gasteiger partial charge is 0.218 e. The molecule has 3 heteroatoms. The average molecular weight is 200 g/mol. The molecule has 0 bridgehead atoms. The maximum atomic E-state index is 10.5. The number of rotatable bonds is 9. The third kappa shape index (κ3) is 8.05. The van der Waals surface area contributed by atoms with Crippen molar-refractivity contribution >= 4 is 5.91 Å². The summed E-state index contributed by atoms with van der Waals surface area (Å²) in [7, 11) is 0. The zero-order chi connectivity index (χ0) is 10.8. The Bertz CT molecular complexity index is 148. The van der Waals surface area contributed by atoms with Gasteiger partial charge in [-0.15, -0.1) is 0 Å². The van der Waals surface area contributed by atoms with Gasteiger partial charge in [-0.1, -0.05) is 33.1 Å². The fraction of sp³-hybridized carbons (Fsp3) is 0.909. The van der Waals surface area contributed by atoms with Gasteiger partial charge in [0, 0.05) is 13.0 Å². The zero-order valence-corrected chi connectivity index (χ0v) is 9.51. The largest absolute Gasteiger partial charge is 0.370 e. The molecule has 1 atom stereocenters. The monoisotopic (exact) mass is 200 g/mol. The van der Waals surface area contributed by atoms with Crippen LogP contribution in [0.2, 0.25) is 0 Å². The van der Waals surface area contributed by atoms with Crippen molar-refractivity contribution in [2.75, 3.05) is 13.1 Å². The van der Waals surface area contributed by atoms with Gasteiger partial charge in [0.15, 0.2) is 0 Å². The molecule has 1 amide bonds. The Balaban J connectivity index is 3.37. The number of nitrogens with one attached hydrogen (secondary N) is 1. The molecule has 0 rings (SSSR count). The first kappa shape index (κ1) is 13.4. The Kier molecular flexibility index (Phi) is 8.64. The van der Waals surface area contributed by atoms with Gasteiger partial charge in [-0.05, 0) is 18.9 Å². The van der Waals surface area contributed by atoms with Crippen molar-refractivity contribution in [1.29, 1.82) is 0 Å². The van der Waals surface area contributed by atoms with Crippen LogP contribution in [0.5, 0.6) is 0 Å². The number of carbonyl (C=O) groups excluding carboxylic acids is 1. The fourth-order valence-electron chi connectivity index (χ4n) is 1.46. The van der Waals surface area contributed by atoms with Crippen LogP contribution in [-0.4, -0.2) is 19.0 Å². The van der Waals surface area contributed by atoms with Crippen LogP contribution in [0.15, 0.2) is 0 Å². The van der Waals surface area contributed by atoms with E-state index >= 15 is 0 Å². The van der Waals surface area contributed by atoms with Crippen molar-refractivity contribution in [3.05, 3.63) is 0 Å². The van der Waals surface area contributed by atoms with Crippen molar-refractivity contribution in [1.82, 2.24) is 5.32 Å². The third-order valence-corrected chi connectivity index (χ3v) is 2.52. The summed E-state index contributed by atoms with van der Waals surface area (Å²) in [6.45, 7) is 6.17. The Hall–Kier alpha value is -0.570. The average Bonchev–Trinajstić information content (AvgIpc) is 2.16. The summed E-state index contributed by atoms with van der Waals surface area (Å²) < 4.78 is 0. The first-order valence-corrected chi connectivity index (χ1v) is 5.69. The Morgan fingerprint density at radius 3 is 2.64 bits per heavy atom. The van der Waals surface area contributed by atoms with E-state index in [0.717, 1.165) is 19.0 Å². The normalized spacial score (nSPS) is 12.7. The van der Waals surface area contributed by atoms with E-state index in [4.69, 9.17) is 5.73 Å². The maximum Gasteiger partial charge on any atom is 0.218 e. The predicted octanol–water partition coefficient (Wildman–Crippen LogP) is 1.67. The van der Waals surface area contributed by atoms with E-state index in [2.05, 4.69) is 19.2 Å². The molecule has 0 saturated heterocycles.